The van der Waals surface area contributed by atoms with Crippen molar-refractivity contribution in [3.05, 3.63) is 88.6 Å². The van der Waals surface area contributed by atoms with Gasteiger partial charge in [0.15, 0.2) is 12.0 Å². The Kier molecular flexibility index (Phi) is 7.10. The molecular weight excluding hydrogens is 436 g/mol. The van der Waals surface area contributed by atoms with Crippen LogP contribution < -0.4 is 10.7 Å². The van der Waals surface area contributed by atoms with Crippen LogP contribution in [0, 0.1) is 6.92 Å². The number of carbonyl (C=O) groups excluding carboxylic acids is 2. The van der Waals surface area contributed by atoms with Gasteiger partial charge in [-0.3, -0.25) is 14.4 Å². The van der Waals surface area contributed by atoms with Crippen molar-refractivity contribution >= 4 is 45.4 Å². The topological polar surface area (TPSA) is 77.4 Å². The number of pyridine rings is 1. The van der Waals surface area contributed by atoms with E-state index in [0.717, 1.165) is 10.6 Å². The number of hydrogen-bond donors (Lipinski definition) is 1. The zero-order valence-corrected chi connectivity index (χ0v) is 19.1. The summed E-state index contributed by atoms with van der Waals surface area (Å²) in [4.78, 5) is 38.5. The lowest BCUT2D eigenvalue weighted by Crippen LogP contribution is -2.31. The first-order valence-corrected chi connectivity index (χ1v) is 11.6. The summed E-state index contributed by atoms with van der Waals surface area (Å²) in [5.41, 5.74) is 2.43. The molecule has 0 saturated carbocycles. The second kappa shape index (κ2) is 10.4. The maximum Gasteiger partial charge on any atom is 0.326 e. The Morgan fingerprint density at radius 3 is 2.15 bits per heavy atom. The van der Waals surface area contributed by atoms with Gasteiger partial charge in [-0.1, -0.05) is 42.0 Å². The largest absolute Gasteiger partial charge is 0.454 e. The second-order valence-electron chi connectivity index (χ2n) is 7.62. The van der Waals surface area contributed by atoms with Crippen LogP contribution in [0.4, 0.5) is 0 Å². The summed E-state index contributed by atoms with van der Waals surface area (Å²) < 4.78 is 6.96. The number of nitrogens with one attached hydrogen (secondary N) is 1. The number of esters is 1. The molecule has 0 aliphatic rings. The summed E-state index contributed by atoms with van der Waals surface area (Å²) in [5, 5.41) is 3.84. The predicted molar refractivity (Wildman–Crippen MR) is 132 cm³/mol. The molecule has 0 bridgehead atoms. The Labute approximate surface area is 195 Å². The van der Waals surface area contributed by atoms with E-state index in [9.17, 15) is 14.4 Å². The molecule has 0 saturated heterocycles. The van der Waals surface area contributed by atoms with E-state index >= 15 is 0 Å². The molecule has 7 heteroatoms. The number of carbonyl (C=O) groups is 2. The monoisotopic (exact) mass is 460 g/mol. The van der Waals surface area contributed by atoms with E-state index in [0.29, 0.717) is 28.4 Å². The molecule has 0 spiro atoms. The van der Waals surface area contributed by atoms with Crippen molar-refractivity contribution in [1.29, 1.82) is 0 Å². The molecule has 0 aliphatic heterocycles. The highest BCUT2D eigenvalue weighted by molar-refractivity contribution is 7.99. The fourth-order valence-corrected chi connectivity index (χ4v) is 4.38. The van der Waals surface area contributed by atoms with Gasteiger partial charge in [0.25, 0.3) is 5.91 Å². The predicted octanol–water partition coefficient (Wildman–Crippen LogP) is 3.91. The van der Waals surface area contributed by atoms with Crippen LogP contribution in [-0.2, 0) is 20.9 Å². The van der Waals surface area contributed by atoms with Crippen LogP contribution in [0.1, 0.15) is 5.56 Å². The Bertz CT molecular complexity index is 1300. The van der Waals surface area contributed by atoms with Crippen LogP contribution in [0.25, 0.3) is 21.8 Å². The first-order valence-electron chi connectivity index (χ1n) is 10.6. The van der Waals surface area contributed by atoms with Gasteiger partial charge >= 0.3 is 5.97 Å². The van der Waals surface area contributed by atoms with Gasteiger partial charge in [0.2, 0.25) is 0 Å². The summed E-state index contributed by atoms with van der Waals surface area (Å²) in [6.45, 7) is 2.07. The summed E-state index contributed by atoms with van der Waals surface area (Å²) in [5.74, 6) is -0.168. The van der Waals surface area contributed by atoms with Gasteiger partial charge in [0, 0.05) is 28.0 Å². The molecule has 0 radical (unpaired) electrons. The number of thioether (sulfide) groups is 1. The zero-order chi connectivity index (χ0) is 23.2. The highest BCUT2D eigenvalue weighted by Crippen LogP contribution is 2.19. The molecule has 4 rings (SSSR count). The van der Waals surface area contributed by atoms with Crippen LogP contribution in [0.5, 0.6) is 0 Å². The number of nitrogens with zero attached hydrogens (tertiary/aromatic N) is 1. The molecule has 168 valence electrons. The quantitative estimate of drug-likeness (QED) is 0.187. The van der Waals surface area contributed by atoms with Crippen molar-refractivity contribution in [2.75, 3.05) is 18.9 Å². The van der Waals surface area contributed by atoms with Gasteiger partial charge in [-0.05, 0) is 43.3 Å². The van der Waals surface area contributed by atoms with Crippen molar-refractivity contribution in [2.45, 2.75) is 18.4 Å². The van der Waals surface area contributed by atoms with Crippen molar-refractivity contribution in [1.82, 2.24) is 9.88 Å². The van der Waals surface area contributed by atoms with Gasteiger partial charge in [-0.25, -0.2) is 0 Å². The fraction of sp³-hybridized carbons (Fsp3) is 0.192. The minimum absolute atomic E-state index is 0.0753. The number of aryl methyl sites for hydroxylation is 1. The van der Waals surface area contributed by atoms with Crippen LogP contribution in [-0.4, -0.2) is 35.3 Å². The number of rotatable bonds is 8. The third-order valence-electron chi connectivity index (χ3n) is 5.24. The number of para-hydroxylation sites is 2. The molecule has 1 N–H and O–H groups in total. The van der Waals surface area contributed by atoms with Crippen molar-refractivity contribution in [2.24, 2.45) is 0 Å². The molecular formula is C26H24N2O4S. The lowest BCUT2D eigenvalue weighted by molar-refractivity contribution is -0.148. The smallest absolute Gasteiger partial charge is 0.326 e. The Morgan fingerprint density at radius 2 is 1.52 bits per heavy atom. The Morgan fingerprint density at radius 1 is 0.909 bits per heavy atom. The molecule has 0 atom stereocenters. The summed E-state index contributed by atoms with van der Waals surface area (Å²) in [6.07, 6.45) is 0. The third kappa shape index (κ3) is 5.43. The molecule has 0 fully saturated rings. The van der Waals surface area contributed by atoms with Crippen molar-refractivity contribution in [3.63, 3.8) is 0 Å². The van der Waals surface area contributed by atoms with Gasteiger partial charge in [-0.15, -0.1) is 11.8 Å². The van der Waals surface area contributed by atoms with E-state index in [1.165, 1.54) is 5.56 Å². The highest BCUT2D eigenvalue weighted by Gasteiger charge is 2.14. The van der Waals surface area contributed by atoms with Gasteiger partial charge < -0.3 is 14.6 Å². The molecule has 3 aromatic carbocycles. The molecule has 4 aromatic rings. The fourth-order valence-electron chi connectivity index (χ4n) is 3.61. The average molecular weight is 461 g/mol. The molecule has 0 unspecified atom stereocenters. The lowest BCUT2D eigenvalue weighted by atomic mass is 10.1. The summed E-state index contributed by atoms with van der Waals surface area (Å²) >= 11 is 1.65. The first-order chi connectivity index (χ1) is 16.0. The number of aromatic nitrogens is 1. The van der Waals surface area contributed by atoms with E-state index in [2.05, 4.69) is 17.4 Å². The standard InChI is InChI=1S/C26H24N2O4S/c1-18-10-12-19(13-11-18)33-15-14-27-24(29)17-32-25(30)16-28-22-8-4-2-6-20(22)26(31)21-7-3-5-9-23(21)28/h2-13H,14-17H2,1H3,(H,27,29). The van der Waals surface area contributed by atoms with Crippen molar-refractivity contribution < 1.29 is 14.3 Å². The SMILES string of the molecule is Cc1ccc(SCCNC(=O)COC(=O)Cn2c3ccccc3c(=O)c3ccccc32)cc1. The maximum atomic E-state index is 12.8. The second-order valence-corrected chi connectivity index (χ2v) is 8.79. The van der Waals surface area contributed by atoms with Crippen LogP contribution in [0.3, 0.4) is 0 Å². The van der Waals surface area contributed by atoms with E-state index in [-0.39, 0.29) is 24.5 Å². The minimum Gasteiger partial charge on any atom is -0.454 e. The van der Waals surface area contributed by atoms with Gasteiger partial charge in [0.1, 0.15) is 6.54 Å². The lowest BCUT2D eigenvalue weighted by Gasteiger charge is -2.14. The number of hydrogen-bond acceptors (Lipinski definition) is 5. The van der Waals surface area contributed by atoms with Gasteiger partial charge in [0.05, 0.1) is 11.0 Å². The molecule has 33 heavy (non-hydrogen) atoms. The normalized spacial score (nSPS) is 10.9. The van der Waals surface area contributed by atoms with E-state index in [1.54, 1.807) is 52.7 Å². The van der Waals surface area contributed by atoms with E-state index < -0.39 is 5.97 Å². The van der Waals surface area contributed by atoms with E-state index in [4.69, 9.17) is 4.74 Å². The molecule has 6 nitrogen and oxygen atoms in total. The maximum absolute atomic E-state index is 12.8. The number of ether oxygens (including phenoxy) is 1. The molecule has 1 heterocycles. The van der Waals surface area contributed by atoms with Crippen LogP contribution >= 0.6 is 11.8 Å². The molecule has 0 aliphatic carbocycles. The highest BCUT2D eigenvalue weighted by atomic mass is 32.2. The number of amides is 1. The average Bonchev–Trinajstić information content (AvgIpc) is 2.84. The molecule has 1 aromatic heterocycles. The first kappa shape index (κ1) is 22.6. The van der Waals surface area contributed by atoms with Crippen LogP contribution in [0.15, 0.2) is 82.5 Å². The summed E-state index contributed by atoms with van der Waals surface area (Å²) in [6, 6.07) is 22.5. The van der Waals surface area contributed by atoms with Crippen LogP contribution in [0.2, 0.25) is 0 Å². The summed E-state index contributed by atoms with van der Waals surface area (Å²) in [7, 11) is 0. The van der Waals surface area contributed by atoms with Gasteiger partial charge in [-0.2, -0.15) is 0 Å². The third-order valence-corrected chi connectivity index (χ3v) is 6.26. The Hall–Kier alpha value is -3.58. The number of benzene rings is 3. The number of fused-ring (bicyclic) bond motifs is 2. The Balaban J connectivity index is 1.34. The molecule has 1 amide bonds. The minimum atomic E-state index is -0.543. The van der Waals surface area contributed by atoms with Crippen molar-refractivity contribution in [3.8, 4) is 0 Å². The van der Waals surface area contributed by atoms with E-state index in [1.807, 2.05) is 31.2 Å². The zero-order valence-electron chi connectivity index (χ0n) is 18.2.